The molecule has 0 aliphatic rings. The molecule has 2 nitrogen and oxygen atoms in total. The molecule has 0 saturated carbocycles. The standard InChI is InChI=1S/C9H13NOS/c1-2-12-8-7-10-6-4-3-5-9(10)11/h3-6H,2,7-8H2,1H3. The summed E-state index contributed by atoms with van der Waals surface area (Å²) in [5.41, 5.74) is 0.0919. The van der Waals surface area contributed by atoms with E-state index in [4.69, 9.17) is 0 Å². The minimum Gasteiger partial charge on any atom is -0.315 e. The summed E-state index contributed by atoms with van der Waals surface area (Å²) in [7, 11) is 0. The molecular weight excluding hydrogens is 170 g/mol. The van der Waals surface area contributed by atoms with Crippen LogP contribution in [0.15, 0.2) is 29.2 Å². The van der Waals surface area contributed by atoms with E-state index in [1.165, 1.54) is 0 Å². The van der Waals surface area contributed by atoms with Gasteiger partial charge in [-0.25, -0.2) is 0 Å². The number of hydrogen-bond acceptors (Lipinski definition) is 2. The molecular formula is C9H13NOS. The Balaban J connectivity index is 2.52. The zero-order valence-electron chi connectivity index (χ0n) is 7.19. The van der Waals surface area contributed by atoms with Crippen LogP contribution in [0, 0.1) is 0 Å². The molecule has 3 heteroatoms. The largest absolute Gasteiger partial charge is 0.315 e. The van der Waals surface area contributed by atoms with Crippen molar-refractivity contribution in [2.45, 2.75) is 13.5 Å². The molecule has 66 valence electrons. The molecule has 0 saturated heterocycles. The van der Waals surface area contributed by atoms with Crippen molar-refractivity contribution >= 4 is 11.8 Å². The van der Waals surface area contributed by atoms with Gasteiger partial charge >= 0.3 is 0 Å². The Hall–Kier alpha value is -0.700. The van der Waals surface area contributed by atoms with Crippen molar-refractivity contribution in [2.24, 2.45) is 0 Å². The smallest absolute Gasteiger partial charge is 0.250 e. The highest BCUT2D eigenvalue weighted by Gasteiger charge is 1.91. The minimum atomic E-state index is 0.0919. The summed E-state index contributed by atoms with van der Waals surface area (Å²) in [6.45, 7) is 2.94. The van der Waals surface area contributed by atoms with Crippen molar-refractivity contribution < 1.29 is 0 Å². The summed E-state index contributed by atoms with van der Waals surface area (Å²) in [6.07, 6.45) is 1.83. The number of pyridine rings is 1. The van der Waals surface area contributed by atoms with E-state index in [0.29, 0.717) is 0 Å². The Kier molecular flexibility index (Phi) is 3.94. The predicted molar refractivity (Wildman–Crippen MR) is 53.7 cm³/mol. The Morgan fingerprint density at radius 1 is 1.50 bits per heavy atom. The van der Waals surface area contributed by atoms with E-state index in [2.05, 4.69) is 6.92 Å². The Labute approximate surface area is 76.6 Å². The van der Waals surface area contributed by atoms with Gasteiger partial charge in [0.05, 0.1) is 0 Å². The maximum absolute atomic E-state index is 11.2. The first-order valence-corrected chi connectivity index (χ1v) is 5.23. The summed E-state index contributed by atoms with van der Waals surface area (Å²) < 4.78 is 1.74. The fraction of sp³-hybridized carbons (Fsp3) is 0.444. The van der Waals surface area contributed by atoms with Crippen LogP contribution in [-0.4, -0.2) is 16.1 Å². The van der Waals surface area contributed by atoms with Crippen LogP contribution in [0.1, 0.15) is 6.92 Å². The van der Waals surface area contributed by atoms with Crippen molar-refractivity contribution in [3.05, 3.63) is 34.7 Å². The summed E-state index contributed by atoms with van der Waals surface area (Å²) in [4.78, 5) is 11.2. The van der Waals surface area contributed by atoms with E-state index in [-0.39, 0.29) is 5.56 Å². The van der Waals surface area contributed by atoms with Crippen LogP contribution < -0.4 is 5.56 Å². The van der Waals surface area contributed by atoms with Gasteiger partial charge < -0.3 is 4.57 Å². The number of rotatable bonds is 4. The number of aromatic nitrogens is 1. The lowest BCUT2D eigenvalue weighted by atomic mass is 10.5. The monoisotopic (exact) mass is 183 g/mol. The lowest BCUT2D eigenvalue weighted by Crippen LogP contribution is -2.18. The molecule has 0 aromatic carbocycles. The second-order valence-corrected chi connectivity index (χ2v) is 3.82. The molecule has 0 radical (unpaired) electrons. The van der Waals surface area contributed by atoms with Crippen molar-refractivity contribution in [1.29, 1.82) is 0 Å². The third-order valence-corrected chi connectivity index (χ3v) is 2.46. The Bertz CT molecular complexity index is 282. The maximum Gasteiger partial charge on any atom is 0.250 e. The molecule has 0 N–H and O–H groups in total. The van der Waals surface area contributed by atoms with Crippen LogP contribution in [0.25, 0.3) is 0 Å². The predicted octanol–water partition coefficient (Wildman–Crippen LogP) is 1.60. The summed E-state index contributed by atoms with van der Waals surface area (Å²) in [5.74, 6) is 2.13. The first-order valence-electron chi connectivity index (χ1n) is 4.08. The fourth-order valence-corrected chi connectivity index (χ4v) is 1.57. The van der Waals surface area contributed by atoms with E-state index in [9.17, 15) is 4.79 Å². The Morgan fingerprint density at radius 3 is 3.00 bits per heavy atom. The van der Waals surface area contributed by atoms with E-state index in [0.717, 1.165) is 18.1 Å². The second-order valence-electron chi connectivity index (χ2n) is 2.43. The van der Waals surface area contributed by atoms with E-state index < -0.39 is 0 Å². The topological polar surface area (TPSA) is 22.0 Å². The number of hydrogen-bond donors (Lipinski definition) is 0. The molecule has 12 heavy (non-hydrogen) atoms. The molecule has 0 bridgehead atoms. The normalized spacial score (nSPS) is 10.1. The highest BCUT2D eigenvalue weighted by atomic mass is 32.2. The van der Waals surface area contributed by atoms with Gasteiger partial charge in [0.25, 0.3) is 5.56 Å². The zero-order chi connectivity index (χ0) is 8.81. The molecule has 0 fully saturated rings. The highest BCUT2D eigenvalue weighted by molar-refractivity contribution is 7.99. The number of nitrogens with zero attached hydrogens (tertiary/aromatic N) is 1. The molecule has 0 aliphatic carbocycles. The van der Waals surface area contributed by atoms with Gasteiger partial charge in [0.1, 0.15) is 0 Å². The summed E-state index contributed by atoms with van der Waals surface area (Å²) >= 11 is 1.85. The quantitative estimate of drug-likeness (QED) is 0.661. The SMILES string of the molecule is CCSCCn1ccccc1=O. The fourth-order valence-electron chi connectivity index (χ4n) is 0.953. The maximum atomic E-state index is 11.2. The van der Waals surface area contributed by atoms with Gasteiger partial charge in [-0.3, -0.25) is 4.79 Å². The first kappa shape index (κ1) is 9.39. The number of thioether (sulfide) groups is 1. The number of aryl methyl sites for hydroxylation is 1. The first-order chi connectivity index (χ1) is 5.84. The molecule has 0 atom stereocenters. The van der Waals surface area contributed by atoms with Gasteiger partial charge in [-0.2, -0.15) is 11.8 Å². The highest BCUT2D eigenvalue weighted by Crippen LogP contribution is 1.98. The lowest BCUT2D eigenvalue weighted by molar-refractivity contribution is 0.735. The van der Waals surface area contributed by atoms with Crippen molar-refractivity contribution in [1.82, 2.24) is 4.57 Å². The van der Waals surface area contributed by atoms with Crippen LogP contribution in [0.3, 0.4) is 0 Å². The van der Waals surface area contributed by atoms with Gasteiger partial charge in [-0.05, 0) is 11.8 Å². The van der Waals surface area contributed by atoms with Crippen LogP contribution in [0.2, 0.25) is 0 Å². The van der Waals surface area contributed by atoms with Crippen LogP contribution in [-0.2, 0) is 6.54 Å². The average molecular weight is 183 g/mol. The second kappa shape index (κ2) is 5.04. The molecule has 1 heterocycles. The molecule has 0 aliphatic heterocycles. The van der Waals surface area contributed by atoms with Crippen molar-refractivity contribution in [3.8, 4) is 0 Å². The molecule has 0 amide bonds. The molecule has 1 rings (SSSR count). The molecule has 0 unspecified atom stereocenters. The van der Waals surface area contributed by atoms with Gasteiger partial charge in [0.15, 0.2) is 0 Å². The Morgan fingerprint density at radius 2 is 2.33 bits per heavy atom. The van der Waals surface area contributed by atoms with Gasteiger partial charge in [0.2, 0.25) is 0 Å². The van der Waals surface area contributed by atoms with Crippen molar-refractivity contribution in [2.75, 3.05) is 11.5 Å². The minimum absolute atomic E-state index is 0.0919. The van der Waals surface area contributed by atoms with Gasteiger partial charge in [0, 0.05) is 24.6 Å². The van der Waals surface area contributed by atoms with E-state index >= 15 is 0 Å². The van der Waals surface area contributed by atoms with Crippen LogP contribution in [0.4, 0.5) is 0 Å². The third kappa shape index (κ3) is 2.74. The summed E-state index contributed by atoms with van der Waals surface area (Å²) in [6, 6.07) is 5.25. The average Bonchev–Trinajstić information content (AvgIpc) is 2.09. The lowest BCUT2D eigenvalue weighted by Gasteiger charge is -2.02. The van der Waals surface area contributed by atoms with Gasteiger partial charge in [-0.1, -0.05) is 13.0 Å². The van der Waals surface area contributed by atoms with E-state index in [1.807, 2.05) is 24.0 Å². The van der Waals surface area contributed by atoms with Crippen LogP contribution >= 0.6 is 11.8 Å². The van der Waals surface area contributed by atoms with Crippen LogP contribution in [0.5, 0.6) is 0 Å². The summed E-state index contributed by atoms with van der Waals surface area (Å²) in [5, 5.41) is 0. The zero-order valence-corrected chi connectivity index (χ0v) is 8.01. The van der Waals surface area contributed by atoms with Gasteiger partial charge in [-0.15, -0.1) is 0 Å². The third-order valence-electron chi connectivity index (χ3n) is 1.58. The van der Waals surface area contributed by atoms with E-state index in [1.54, 1.807) is 16.7 Å². The molecule has 1 aromatic rings. The molecule has 1 aromatic heterocycles. The van der Waals surface area contributed by atoms with Crippen molar-refractivity contribution in [3.63, 3.8) is 0 Å². The molecule has 0 spiro atoms.